The molecule has 0 radical (unpaired) electrons. The molecule has 1 heterocycles. The van der Waals surface area contributed by atoms with E-state index in [2.05, 4.69) is 32.6 Å². The van der Waals surface area contributed by atoms with Gasteiger partial charge in [0.05, 0.1) is 13.1 Å². The third-order valence-corrected chi connectivity index (χ3v) is 5.57. The zero-order chi connectivity index (χ0) is 20.1. The van der Waals surface area contributed by atoms with Crippen molar-refractivity contribution >= 4 is 35.0 Å². The quantitative estimate of drug-likeness (QED) is 0.656. The molecule has 2 amide bonds. The lowest BCUT2D eigenvalue weighted by Gasteiger charge is -2.37. The van der Waals surface area contributed by atoms with E-state index in [4.69, 9.17) is 23.2 Å². The number of carbonyl (C=O) groups is 2. The largest absolute Gasteiger partial charge is 0.332 e. The van der Waals surface area contributed by atoms with Crippen molar-refractivity contribution in [2.45, 2.75) is 46.2 Å². The standard InChI is InChI=1S/C20H29Cl2N3O2/c1-14(2)25(15(3)4)10-9-24-13-19(26)23(12-20(24)27)8-7-16-5-6-17(21)11-18(16)22/h5-6,11,14-15H,7-10,12-13H2,1-4H3. The van der Waals surface area contributed by atoms with Crippen LogP contribution in [0.15, 0.2) is 18.2 Å². The second-order valence-corrected chi connectivity index (χ2v) is 8.39. The highest BCUT2D eigenvalue weighted by Gasteiger charge is 2.30. The van der Waals surface area contributed by atoms with E-state index < -0.39 is 0 Å². The summed E-state index contributed by atoms with van der Waals surface area (Å²) in [7, 11) is 0. The van der Waals surface area contributed by atoms with Crippen LogP contribution in [0, 0.1) is 0 Å². The number of benzene rings is 1. The van der Waals surface area contributed by atoms with Crippen molar-refractivity contribution in [2.24, 2.45) is 0 Å². The SMILES string of the molecule is CC(C)N(CCN1CC(=O)N(CCc2ccc(Cl)cc2Cl)CC1=O)C(C)C. The Morgan fingerprint density at radius 1 is 0.963 bits per heavy atom. The van der Waals surface area contributed by atoms with Crippen LogP contribution in [0.2, 0.25) is 10.0 Å². The summed E-state index contributed by atoms with van der Waals surface area (Å²) in [6.07, 6.45) is 0.601. The van der Waals surface area contributed by atoms with E-state index in [1.807, 2.05) is 6.07 Å². The van der Waals surface area contributed by atoms with E-state index in [9.17, 15) is 9.59 Å². The van der Waals surface area contributed by atoms with Gasteiger partial charge in [-0.05, 0) is 51.8 Å². The minimum Gasteiger partial charge on any atom is -0.332 e. The van der Waals surface area contributed by atoms with E-state index in [0.29, 0.717) is 41.6 Å². The minimum absolute atomic E-state index is 0.00395. The fourth-order valence-electron chi connectivity index (χ4n) is 3.44. The molecular formula is C20H29Cl2N3O2. The van der Waals surface area contributed by atoms with Gasteiger partial charge in [0.2, 0.25) is 11.8 Å². The molecule has 5 nitrogen and oxygen atoms in total. The second-order valence-electron chi connectivity index (χ2n) is 7.54. The molecule has 0 bridgehead atoms. The lowest BCUT2D eigenvalue weighted by Crippen LogP contribution is -2.56. The minimum atomic E-state index is -0.0136. The van der Waals surface area contributed by atoms with Gasteiger partial charge in [-0.15, -0.1) is 0 Å². The summed E-state index contributed by atoms with van der Waals surface area (Å²) in [5.74, 6) is -0.00963. The van der Waals surface area contributed by atoms with Crippen LogP contribution in [-0.2, 0) is 16.0 Å². The van der Waals surface area contributed by atoms with Crippen molar-refractivity contribution in [1.29, 1.82) is 0 Å². The Bertz CT molecular complexity index is 671. The summed E-state index contributed by atoms with van der Waals surface area (Å²) in [4.78, 5) is 30.6. The van der Waals surface area contributed by atoms with Gasteiger partial charge >= 0.3 is 0 Å². The molecule has 0 N–H and O–H groups in total. The van der Waals surface area contributed by atoms with Crippen molar-refractivity contribution in [3.05, 3.63) is 33.8 Å². The third kappa shape index (κ3) is 6.09. The van der Waals surface area contributed by atoms with Crippen molar-refractivity contribution in [3.8, 4) is 0 Å². The van der Waals surface area contributed by atoms with E-state index in [1.165, 1.54) is 0 Å². The Balaban J connectivity index is 1.89. The average molecular weight is 414 g/mol. The molecule has 1 aromatic carbocycles. The van der Waals surface area contributed by atoms with Crippen molar-refractivity contribution in [2.75, 3.05) is 32.7 Å². The number of halogens is 2. The van der Waals surface area contributed by atoms with Crippen molar-refractivity contribution < 1.29 is 9.59 Å². The summed E-state index contributed by atoms with van der Waals surface area (Å²) < 4.78 is 0. The number of hydrogen-bond donors (Lipinski definition) is 0. The van der Waals surface area contributed by atoms with Crippen molar-refractivity contribution in [1.82, 2.24) is 14.7 Å². The predicted molar refractivity (Wildman–Crippen MR) is 110 cm³/mol. The van der Waals surface area contributed by atoms with Crippen LogP contribution in [0.4, 0.5) is 0 Å². The molecule has 0 aromatic heterocycles. The molecule has 1 fully saturated rings. The zero-order valence-corrected chi connectivity index (χ0v) is 18.1. The predicted octanol–water partition coefficient (Wildman–Crippen LogP) is 3.33. The summed E-state index contributed by atoms with van der Waals surface area (Å²) in [6, 6.07) is 6.14. The molecule has 1 saturated heterocycles. The molecule has 7 heteroatoms. The molecular weight excluding hydrogens is 385 g/mol. The Hall–Kier alpha value is -1.30. The van der Waals surface area contributed by atoms with Gasteiger partial charge in [-0.1, -0.05) is 29.3 Å². The van der Waals surface area contributed by atoms with E-state index >= 15 is 0 Å². The fourth-order valence-corrected chi connectivity index (χ4v) is 3.94. The molecule has 1 aliphatic rings. The topological polar surface area (TPSA) is 43.9 Å². The smallest absolute Gasteiger partial charge is 0.242 e. The highest BCUT2D eigenvalue weighted by atomic mass is 35.5. The van der Waals surface area contributed by atoms with Crippen LogP contribution in [0.1, 0.15) is 33.3 Å². The van der Waals surface area contributed by atoms with Crippen molar-refractivity contribution in [3.63, 3.8) is 0 Å². The van der Waals surface area contributed by atoms with Gasteiger partial charge in [0, 0.05) is 41.8 Å². The van der Waals surface area contributed by atoms with Crippen LogP contribution >= 0.6 is 23.2 Å². The van der Waals surface area contributed by atoms with Gasteiger partial charge in [0.15, 0.2) is 0 Å². The molecule has 0 unspecified atom stereocenters. The zero-order valence-electron chi connectivity index (χ0n) is 16.5. The van der Waals surface area contributed by atoms with Crippen LogP contribution in [0.25, 0.3) is 0 Å². The van der Waals surface area contributed by atoms with Gasteiger partial charge in [0.25, 0.3) is 0 Å². The van der Waals surface area contributed by atoms with Crippen LogP contribution in [0.3, 0.4) is 0 Å². The molecule has 27 heavy (non-hydrogen) atoms. The molecule has 1 aliphatic heterocycles. The fraction of sp³-hybridized carbons (Fsp3) is 0.600. The number of carbonyl (C=O) groups excluding carboxylic acids is 2. The summed E-state index contributed by atoms with van der Waals surface area (Å²) in [5.41, 5.74) is 0.924. The summed E-state index contributed by atoms with van der Waals surface area (Å²) in [6.45, 7) is 10.7. The number of nitrogens with zero attached hydrogens (tertiary/aromatic N) is 3. The lowest BCUT2D eigenvalue weighted by atomic mass is 10.1. The number of piperazine rings is 1. The second kappa shape index (κ2) is 9.76. The maximum atomic E-state index is 12.5. The summed E-state index contributed by atoms with van der Waals surface area (Å²) >= 11 is 12.1. The Kier molecular flexibility index (Phi) is 7.95. The normalized spacial score (nSPS) is 15.6. The Morgan fingerprint density at radius 3 is 2.04 bits per heavy atom. The van der Waals surface area contributed by atoms with Crippen LogP contribution in [0.5, 0.6) is 0 Å². The highest BCUT2D eigenvalue weighted by molar-refractivity contribution is 6.35. The van der Waals surface area contributed by atoms with Gasteiger partial charge in [-0.25, -0.2) is 0 Å². The maximum absolute atomic E-state index is 12.5. The average Bonchev–Trinajstić information content (AvgIpc) is 2.57. The molecule has 0 saturated carbocycles. The molecule has 2 rings (SSSR count). The first kappa shape index (κ1) is 22.0. The van der Waals surface area contributed by atoms with E-state index in [-0.39, 0.29) is 24.9 Å². The number of hydrogen-bond acceptors (Lipinski definition) is 3. The van der Waals surface area contributed by atoms with Crippen LogP contribution in [-0.4, -0.2) is 71.3 Å². The third-order valence-electron chi connectivity index (χ3n) is 4.98. The van der Waals surface area contributed by atoms with E-state index in [0.717, 1.165) is 12.1 Å². The molecule has 1 aromatic rings. The Labute approximate surface area is 172 Å². The van der Waals surface area contributed by atoms with E-state index in [1.54, 1.807) is 21.9 Å². The maximum Gasteiger partial charge on any atom is 0.242 e. The van der Waals surface area contributed by atoms with Gasteiger partial charge in [-0.3, -0.25) is 14.5 Å². The number of rotatable bonds is 8. The molecule has 150 valence electrons. The van der Waals surface area contributed by atoms with Gasteiger partial charge < -0.3 is 9.80 Å². The lowest BCUT2D eigenvalue weighted by molar-refractivity contribution is -0.150. The first-order valence-corrected chi connectivity index (χ1v) is 10.2. The molecule has 0 aliphatic carbocycles. The monoisotopic (exact) mass is 413 g/mol. The highest BCUT2D eigenvalue weighted by Crippen LogP contribution is 2.22. The Morgan fingerprint density at radius 2 is 1.52 bits per heavy atom. The van der Waals surface area contributed by atoms with Gasteiger partial charge in [0.1, 0.15) is 0 Å². The first-order chi connectivity index (χ1) is 12.7. The summed E-state index contributed by atoms with van der Waals surface area (Å²) in [5, 5.41) is 1.17. The van der Waals surface area contributed by atoms with Gasteiger partial charge in [-0.2, -0.15) is 0 Å². The molecule has 0 spiro atoms. The molecule has 0 atom stereocenters. The number of amides is 2. The van der Waals surface area contributed by atoms with Crippen LogP contribution < -0.4 is 0 Å². The first-order valence-electron chi connectivity index (χ1n) is 9.44.